The zero-order valence-electron chi connectivity index (χ0n) is 14.1. The molecule has 0 aliphatic heterocycles. The zero-order valence-corrected chi connectivity index (χ0v) is 14.9. The van der Waals surface area contributed by atoms with Crippen molar-refractivity contribution in [3.05, 3.63) is 60.2 Å². The van der Waals surface area contributed by atoms with Gasteiger partial charge in [0, 0.05) is 12.6 Å². The van der Waals surface area contributed by atoms with Crippen LogP contribution in [0, 0.1) is 5.92 Å². The number of methoxy groups -OCH3 is 1. The van der Waals surface area contributed by atoms with Crippen molar-refractivity contribution in [2.75, 3.05) is 7.11 Å². The Hall–Kier alpha value is -1.85. The maximum absolute atomic E-state index is 13.2. The highest BCUT2D eigenvalue weighted by Crippen LogP contribution is 2.38. The molecule has 1 fully saturated rings. The Labute approximate surface area is 144 Å². The Morgan fingerprint density at radius 1 is 1.08 bits per heavy atom. The molecule has 3 rings (SSSR count). The van der Waals surface area contributed by atoms with Crippen molar-refractivity contribution in [1.29, 1.82) is 0 Å². The summed E-state index contributed by atoms with van der Waals surface area (Å²) >= 11 is 0. The molecule has 5 heteroatoms. The van der Waals surface area contributed by atoms with Gasteiger partial charge in [-0.25, -0.2) is 8.42 Å². The first-order valence-corrected chi connectivity index (χ1v) is 9.66. The molecule has 1 aliphatic rings. The summed E-state index contributed by atoms with van der Waals surface area (Å²) < 4.78 is 33.2. The highest BCUT2D eigenvalue weighted by Gasteiger charge is 2.38. The van der Waals surface area contributed by atoms with Gasteiger partial charge in [0.25, 0.3) is 0 Å². The molecular weight excluding hydrogens is 322 g/mol. The molecule has 2 aromatic carbocycles. The third-order valence-electron chi connectivity index (χ3n) is 4.61. The van der Waals surface area contributed by atoms with Gasteiger partial charge < -0.3 is 4.74 Å². The number of nitrogens with zero attached hydrogens (tertiary/aromatic N) is 1. The van der Waals surface area contributed by atoms with Gasteiger partial charge in [0.1, 0.15) is 5.75 Å². The van der Waals surface area contributed by atoms with Crippen LogP contribution >= 0.6 is 0 Å². The van der Waals surface area contributed by atoms with E-state index in [0.717, 1.165) is 18.4 Å². The SMILES string of the molecule is COc1ccc(S(=O)(=O)N(Cc2ccccc2)[C@@H](C)C2CC2)cc1. The van der Waals surface area contributed by atoms with Crippen LogP contribution in [0.4, 0.5) is 0 Å². The molecular formula is C19H23NO3S. The molecule has 0 aromatic heterocycles. The van der Waals surface area contributed by atoms with Crippen LogP contribution in [0.2, 0.25) is 0 Å². The first kappa shape index (κ1) is 17.0. The molecule has 1 saturated carbocycles. The maximum atomic E-state index is 13.2. The van der Waals surface area contributed by atoms with E-state index in [9.17, 15) is 8.42 Å². The predicted octanol–water partition coefficient (Wildman–Crippen LogP) is 3.68. The van der Waals surface area contributed by atoms with Gasteiger partial charge in [-0.05, 0) is 55.5 Å². The van der Waals surface area contributed by atoms with Gasteiger partial charge in [-0.2, -0.15) is 4.31 Å². The fourth-order valence-corrected chi connectivity index (χ4v) is 4.59. The second kappa shape index (κ2) is 6.95. The lowest BCUT2D eigenvalue weighted by molar-refractivity contribution is 0.303. The Kier molecular flexibility index (Phi) is 4.92. The quantitative estimate of drug-likeness (QED) is 0.769. The predicted molar refractivity (Wildman–Crippen MR) is 94.4 cm³/mol. The van der Waals surface area contributed by atoms with Gasteiger partial charge in [0.05, 0.1) is 12.0 Å². The molecule has 0 saturated heterocycles. The molecule has 0 unspecified atom stereocenters. The Morgan fingerprint density at radius 3 is 2.25 bits per heavy atom. The highest BCUT2D eigenvalue weighted by atomic mass is 32.2. The lowest BCUT2D eigenvalue weighted by Gasteiger charge is -2.28. The van der Waals surface area contributed by atoms with Gasteiger partial charge in [-0.15, -0.1) is 0 Å². The second-order valence-electron chi connectivity index (χ2n) is 6.29. The first-order valence-electron chi connectivity index (χ1n) is 8.22. The normalized spacial score (nSPS) is 16.1. The fraction of sp³-hybridized carbons (Fsp3) is 0.368. The van der Waals surface area contributed by atoms with E-state index in [4.69, 9.17) is 4.74 Å². The summed E-state index contributed by atoms with van der Waals surface area (Å²) in [5, 5.41) is 0. The minimum atomic E-state index is -3.55. The summed E-state index contributed by atoms with van der Waals surface area (Å²) in [6, 6.07) is 16.4. The zero-order chi connectivity index (χ0) is 17.2. The summed E-state index contributed by atoms with van der Waals surface area (Å²) in [5.74, 6) is 1.11. The van der Waals surface area contributed by atoms with Crippen molar-refractivity contribution < 1.29 is 13.2 Å². The molecule has 0 amide bonds. The van der Waals surface area contributed by atoms with E-state index in [1.807, 2.05) is 37.3 Å². The van der Waals surface area contributed by atoms with Crippen molar-refractivity contribution in [2.24, 2.45) is 5.92 Å². The number of benzene rings is 2. The van der Waals surface area contributed by atoms with Crippen LogP contribution in [0.15, 0.2) is 59.5 Å². The average molecular weight is 345 g/mol. The van der Waals surface area contributed by atoms with Gasteiger partial charge in [0.15, 0.2) is 0 Å². The number of sulfonamides is 1. The van der Waals surface area contributed by atoms with E-state index in [2.05, 4.69) is 0 Å². The molecule has 128 valence electrons. The van der Waals surface area contributed by atoms with Gasteiger partial charge in [0.2, 0.25) is 10.0 Å². The summed E-state index contributed by atoms with van der Waals surface area (Å²) in [6.07, 6.45) is 2.20. The molecule has 1 aliphatic carbocycles. The van der Waals surface area contributed by atoms with E-state index in [1.54, 1.807) is 35.7 Å². The van der Waals surface area contributed by atoms with Gasteiger partial charge in [-0.1, -0.05) is 30.3 Å². The minimum Gasteiger partial charge on any atom is -0.497 e. The molecule has 0 radical (unpaired) electrons. The maximum Gasteiger partial charge on any atom is 0.243 e. The number of hydrogen-bond acceptors (Lipinski definition) is 3. The van der Waals surface area contributed by atoms with Crippen LogP contribution in [0.1, 0.15) is 25.3 Å². The van der Waals surface area contributed by atoms with Gasteiger partial charge >= 0.3 is 0 Å². The Balaban J connectivity index is 1.93. The van der Waals surface area contributed by atoms with E-state index in [1.165, 1.54) is 0 Å². The lowest BCUT2D eigenvalue weighted by Crippen LogP contribution is -2.39. The van der Waals surface area contributed by atoms with Crippen LogP contribution in [-0.4, -0.2) is 25.9 Å². The summed E-state index contributed by atoms with van der Waals surface area (Å²) in [7, 11) is -1.98. The summed E-state index contributed by atoms with van der Waals surface area (Å²) in [5.41, 5.74) is 1.00. The van der Waals surface area contributed by atoms with Crippen LogP contribution in [-0.2, 0) is 16.6 Å². The van der Waals surface area contributed by atoms with Crippen molar-refractivity contribution in [2.45, 2.75) is 37.2 Å². The number of hydrogen-bond donors (Lipinski definition) is 0. The van der Waals surface area contributed by atoms with E-state index in [0.29, 0.717) is 23.1 Å². The van der Waals surface area contributed by atoms with Crippen LogP contribution in [0.25, 0.3) is 0 Å². The molecule has 2 aromatic rings. The number of ether oxygens (including phenoxy) is 1. The summed E-state index contributed by atoms with van der Waals surface area (Å²) in [6.45, 7) is 2.41. The third kappa shape index (κ3) is 3.62. The smallest absolute Gasteiger partial charge is 0.243 e. The standard InChI is InChI=1S/C19H23NO3S/c1-15(17-8-9-17)20(14-16-6-4-3-5-7-16)24(21,22)19-12-10-18(23-2)11-13-19/h3-7,10-13,15,17H,8-9,14H2,1-2H3/t15-/m0/s1. The van der Waals surface area contributed by atoms with Crippen molar-refractivity contribution in [1.82, 2.24) is 4.31 Å². The number of rotatable bonds is 7. The van der Waals surface area contributed by atoms with E-state index < -0.39 is 10.0 Å². The topological polar surface area (TPSA) is 46.6 Å². The Bertz CT molecular complexity index is 768. The first-order chi connectivity index (χ1) is 11.5. The van der Waals surface area contributed by atoms with Crippen LogP contribution < -0.4 is 4.74 Å². The fourth-order valence-electron chi connectivity index (χ4n) is 2.91. The van der Waals surface area contributed by atoms with Gasteiger partial charge in [-0.3, -0.25) is 0 Å². The Morgan fingerprint density at radius 2 is 1.71 bits per heavy atom. The largest absolute Gasteiger partial charge is 0.497 e. The molecule has 0 spiro atoms. The highest BCUT2D eigenvalue weighted by molar-refractivity contribution is 7.89. The van der Waals surface area contributed by atoms with E-state index >= 15 is 0 Å². The monoisotopic (exact) mass is 345 g/mol. The third-order valence-corrected chi connectivity index (χ3v) is 6.55. The molecule has 24 heavy (non-hydrogen) atoms. The summed E-state index contributed by atoms with van der Waals surface area (Å²) in [4.78, 5) is 0.312. The molecule has 4 nitrogen and oxygen atoms in total. The van der Waals surface area contributed by atoms with E-state index in [-0.39, 0.29) is 6.04 Å². The molecule has 0 bridgehead atoms. The van der Waals surface area contributed by atoms with Crippen LogP contribution in [0.5, 0.6) is 5.75 Å². The molecule has 0 N–H and O–H groups in total. The van der Waals surface area contributed by atoms with Crippen molar-refractivity contribution in [3.63, 3.8) is 0 Å². The lowest BCUT2D eigenvalue weighted by atomic mass is 10.2. The average Bonchev–Trinajstić information content (AvgIpc) is 3.45. The minimum absolute atomic E-state index is 0.00249. The van der Waals surface area contributed by atoms with Crippen molar-refractivity contribution >= 4 is 10.0 Å². The van der Waals surface area contributed by atoms with Crippen molar-refractivity contribution in [3.8, 4) is 5.75 Å². The van der Waals surface area contributed by atoms with Crippen LogP contribution in [0.3, 0.4) is 0 Å². The second-order valence-corrected chi connectivity index (χ2v) is 8.18. The molecule has 1 atom stereocenters. The molecule has 0 heterocycles.